The van der Waals surface area contributed by atoms with Crippen LogP contribution in [0.5, 0.6) is 0 Å². The molecule has 0 unspecified atom stereocenters. The van der Waals surface area contributed by atoms with Crippen LogP contribution in [0.25, 0.3) is 0 Å². The number of hydrogen-bond donors (Lipinski definition) is 0. The molecular weight excluding hydrogens is 220 g/mol. The molecule has 0 radical (unpaired) electrons. The standard InChI is InChI=1S/C13H18O4/c1-8-5-12(16-10(3)14)7-13(6-9(8)2)17-11(4)15/h5-6,8-9H,7H2,1-4H3/t8-,9+. The number of esters is 2. The first kappa shape index (κ1) is 13.5. The Labute approximate surface area is 101 Å². The van der Waals surface area contributed by atoms with Crippen LogP contribution >= 0.6 is 0 Å². The molecule has 4 nitrogen and oxygen atoms in total. The third-order valence-corrected chi connectivity index (χ3v) is 2.63. The summed E-state index contributed by atoms with van der Waals surface area (Å²) in [5, 5.41) is 0. The summed E-state index contributed by atoms with van der Waals surface area (Å²) < 4.78 is 10.2. The lowest BCUT2D eigenvalue weighted by molar-refractivity contribution is -0.137. The van der Waals surface area contributed by atoms with E-state index in [-0.39, 0.29) is 23.8 Å². The Hall–Kier alpha value is -1.58. The zero-order chi connectivity index (χ0) is 13.0. The number of rotatable bonds is 2. The van der Waals surface area contributed by atoms with Crippen molar-refractivity contribution in [3.05, 3.63) is 23.7 Å². The fourth-order valence-corrected chi connectivity index (χ4v) is 1.69. The number of carbonyl (C=O) groups is 2. The van der Waals surface area contributed by atoms with Gasteiger partial charge in [0.15, 0.2) is 0 Å². The van der Waals surface area contributed by atoms with Crippen LogP contribution in [-0.2, 0) is 19.1 Å². The van der Waals surface area contributed by atoms with E-state index in [2.05, 4.69) is 0 Å². The third kappa shape index (κ3) is 4.43. The quantitative estimate of drug-likeness (QED) is 0.694. The highest BCUT2D eigenvalue weighted by Gasteiger charge is 2.19. The van der Waals surface area contributed by atoms with E-state index in [0.29, 0.717) is 17.9 Å². The highest BCUT2D eigenvalue weighted by Crippen LogP contribution is 2.27. The zero-order valence-corrected chi connectivity index (χ0v) is 10.6. The van der Waals surface area contributed by atoms with E-state index in [9.17, 15) is 9.59 Å². The summed E-state index contributed by atoms with van der Waals surface area (Å²) in [5.41, 5.74) is 0. The van der Waals surface area contributed by atoms with Crippen LogP contribution in [0, 0.1) is 11.8 Å². The van der Waals surface area contributed by atoms with Crippen molar-refractivity contribution in [2.24, 2.45) is 11.8 Å². The van der Waals surface area contributed by atoms with Crippen molar-refractivity contribution >= 4 is 11.9 Å². The summed E-state index contributed by atoms with van der Waals surface area (Å²) in [4.78, 5) is 21.9. The maximum absolute atomic E-state index is 11.0. The van der Waals surface area contributed by atoms with Crippen molar-refractivity contribution < 1.29 is 19.1 Å². The molecular formula is C13H18O4. The Morgan fingerprint density at radius 1 is 1.00 bits per heavy atom. The average Bonchev–Trinajstić information content (AvgIpc) is 2.24. The second kappa shape index (κ2) is 5.66. The molecule has 0 aromatic carbocycles. The molecule has 4 heteroatoms. The SMILES string of the molecule is CC(=O)OC1=C[C@@H](C)[C@@H](C)C=C(OC(C)=O)C1. The zero-order valence-electron chi connectivity index (χ0n) is 10.6. The summed E-state index contributed by atoms with van der Waals surface area (Å²) in [6, 6.07) is 0. The number of carbonyl (C=O) groups excluding carboxylic acids is 2. The highest BCUT2D eigenvalue weighted by molar-refractivity contribution is 5.68. The number of ether oxygens (including phenoxy) is 2. The smallest absolute Gasteiger partial charge is 0.307 e. The van der Waals surface area contributed by atoms with Crippen molar-refractivity contribution in [3.8, 4) is 0 Å². The van der Waals surface area contributed by atoms with E-state index in [1.165, 1.54) is 13.8 Å². The van der Waals surface area contributed by atoms with Crippen molar-refractivity contribution in [1.29, 1.82) is 0 Å². The fraction of sp³-hybridized carbons (Fsp3) is 0.538. The van der Waals surface area contributed by atoms with Crippen molar-refractivity contribution in [2.45, 2.75) is 34.1 Å². The van der Waals surface area contributed by atoms with Crippen LogP contribution in [0.2, 0.25) is 0 Å². The first-order valence-corrected chi connectivity index (χ1v) is 5.66. The van der Waals surface area contributed by atoms with Gasteiger partial charge in [-0.05, 0) is 24.0 Å². The molecule has 0 fully saturated rings. The first-order chi connectivity index (χ1) is 7.88. The van der Waals surface area contributed by atoms with Gasteiger partial charge in [0.25, 0.3) is 0 Å². The number of hydrogen-bond acceptors (Lipinski definition) is 4. The molecule has 94 valence electrons. The van der Waals surface area contributed by atoms with E-state index in [1.54, 1.807) is 0 Å². The maximum atomic E-state index is 11.0. The van der Waals surface area contributed by atoms with Crippen molar-refractivity contribution in [1.82, 2.24) is 0 Å². The molecule has 0 heterocycles. The topological polar surface area (TPSA) is 52.6 Å². The van der Waals surface area contributed by atoms with E-state index in [0.717, 1.165) is 0 Å². The van der Waals surface area contributed by atoms with E-state index < -0.39 is 0 Å². The minimum Gasteiger partial charge on any atom is -0.431 e. The molecule has 1 aliphatic rings. The summed E-state index contributed by atoms with van der Waals surface area (Å²) in [6.45, 7) is 6.77. The molecule has 0 aromatic rings. The predicted octanol–water partition coefficient (Wildman–Crippen LogP) is 2.56. The fourth-order valence-electron chi connectivity index (χ4n) is 1.69. The molecule has 17 heavy (non-hydrogen) atoms. The molecule has 0 bridgehead atoms. The molecule has 0 saturated heterocycles. The molecule has 2 atom stereocenters. The van der Waals surface area contributed by atoms with Crippen molar-refractivity contribution in [2.75, 3.05) is 0 Å². The summed E-state index contributed by atoms with van der Waals surface area (Å²) in [6.07, 6.45) is 4.14. The number of allylic oxidation sites excluding steroid dienone is 2. The summed E-state index contributed by atoms with van der Waals surface area (Å²) in [7, 11) is 0. The van der Waals surface area contributed by atoms with Gasteiger partial charge in [-0.2, -0.15) is 0 Å². The van der Waals surface area contributed by atoms with Gasteiger partial charge < -0.3 is 9.47 Å². The second-order valence-electron chi connectivity index (χ2n) is 4.35. The van der Waals surface area contributed by atoms with Gasteiger partial charge in [0.1, 0.15) is 11.5 Å². The molecule has 0 N–H and O–H groups in total. The van der Waals surface area contributed by atoms with Gasteiger partial charge in [-0.1, -0.05) is 13.8 Å². The molecule has 1 rings (SSSR count). The van der Waals surface area contributed by atoms with Crippen molar-refractivity contribution in [3.63, 3.8) is 0 Å². The highest BCUT2D eigenvalue weighted by atomic mass is 16.5. The largest absolute Gasteiger partial charge is 0.431 e. The Kier molecular flexibility index (Phi) is 4.49. The van der Waals surface area contributed by atoms with Crippen LogP contribution in [0.3, 0.4) is 0 Å². The monoisotopic (exact) mass is 238 g/mol. The Morgan fingerprint density at radius 3 is 1.65 bits per heavy atom. The van der Waals surface area contributed by atoms with Gasteiger partial charge in [-0.25, -0.2) is 0 Å². The van der Waals surface area contributed by atoms with E-state index >= 15 is 0 Å². The molecule has 1 aliphatic carbocycles. The van der Waals surface area contributed by atoms with Gasteiger partial charge in [-0.3, -0.25) is 9.59 Å². The Bertz CT molecular complexity index is 343. The Balaban J connectivity index is 2.88. The van der Waals surface area contributed by atoms with Crippen LogP contribution in [0.1, 0.15) is 34.1 Å². The average molecular weight is 238 g/mol. The normalized spacial score (nSPS) is 24.2. The van der Waals surface area contributed by atoms with E-state index in [1.807, 2.05) is 26.0 Å². The van der Waals surface area contributed by atoms with E-state index in [4.69, 9.17) is 9.47 Å². The summed E-state index contributed by atoms with van der Waals surface area (Å²) in [5.74, 6) is 0.832. The van der Waals surface area contributed by atoms with Crippen LogP contribution in [0.15, 0.2) is 23.7 Å². The second-order valence-corrected chi connectivity index (χ2v) is 4.35. The molecule has 0 spiro atoms. The summed E-state index contributed by atoms with van der Waals surface area (Å²) >= 11 is 0. The minimum absolute atomic E-state index is 0.234. The van der Waals surface area contributed by atoms with Gasteiger partial charge in [0.05, 0.1) is 6.42 Å². The molecule has 0 saturated carbocycles. The first-order valence-electron chi connectivity index (χ1n) is 5.66. The molecule has 0 aliphatic heterocycles. The lowest BCUT2D eigenvalue weighted by Gasteiger charge is -2.10. The molecule has 0 aromatic heterocycles. The third-order valence-electron chi connectivity index (χ3n) is 2.63. The maximum Gasteiger partial charge on any atom is 0.307 e. The van der Waals surface area contributed by atoms with Crippen LogP contribution in [-0.4, -0.2) is 11.9 Å². The predicted molar refractivity (Wildman–Crippen MR) is 62.6 cm³/mol. The van der Waals surface area contributed by atoms with Gasteiger partial charge in [0, 0.05) is 13.8 Å². The van der Waals surface area contributed by atoms with Crippen LogP contribution < -0.4 is 0 Å². The van der Waals surface area contributed by atoms with Gasteiger partial charge in [-0.15, -0.1) is 0 Å². The van der Waals surface area contributed by atoms with Gasteiger partial charge >= 0.3 is 11.9 Å². The Morgan fingerprint density at radius 2 is 1.35 bits per heavy atom. The lowest BCUT2D eigenvalue weighted by atomic mass is 9.96. The minimum atomic E-state index is -0.361. The van der Waals surface area contributed by atoms with Crippen LogP contribution in [0.4, 0.5) is 0 Å². The lowest BCUT2D eigenvalue weighted by Crippen LogP contribution is -2.04. The molecule has 0 amide bonds. The van der Waals surface area contributed by atoms with Gasteiger partial charge in [0.2, 0.25) is 0 Å².